The van der Waals surface area contributed by atoms with Crippen molar-refractivity contribution in [2.45, 2.75) is 122 Å². The van der Waals surface area contributed by atoms with E-state index < -0.39 is 0 Å². The lowest BCUT2D eigenvalue weighted by Crippen LogP contribution is -2.40. The molecule has 0 rings (SSSR count). The Kier molecular flexibility index (Phi) is 21.4. The van der Waals surface area contributed by atoms with Gasteiger partial charge in [-0.2, -0.15) is 0 Å². The van der Waals surface area contributed by atoms with E-state index in [4.69, 9.17) is 11.6 Å². The van der Waals surface area contributed by atoms with Crippen molar-refractivity contribution in [3.05, 3.63) is 0 Å². The first-order valence-electron chi connectivity index (χ1n) is 10.6. The smallest absolute Gasteiger partial charge is 0.0527 e. The minimum atomic E-state index is -0.242. The van der Waals surface area contributed by atoms with Gasteiger partial charge in [-0.3, -0.25) is 0 Å². The molecule has 0 amide bonds. The monoisotopic (exact) mass is 397 g/mol. The minimum absolute atomic E-state index is 0. The van der Waals surface area contributed by atoms with Gasteiger partial charge in [0.25, 0.3) is 0 Å². The van der Waals surface area contributed by atoms with Gasteiger partial charge in [0.2, 0.25) is 0 Å². The van der Waals surface area contributed by atoms with Gasteiger partial charge < -0.3 is 10.0 Å². The van der Waals surface area contributed by atoms with Crippen molar-refractivity contribution in [3.8, 4) is 0 Å². The summed E-state index contributed by atoms with van der Waals surface area (Å²) in [5, 5.41) is 10.1. The Morgan fingerprint density at radius 1 is 0.800 bits per heavy atom. The first-order chi connectivity index (χ1) is 11.5. The zero-order valence-corrected chi connectivity index (χ0v) is 18.9. The van der Waals surface area contributed by atoms with Crippen LogP contribution in [0.1, 0.15) is 105 Å². The predicted octanol–water partition coefficient (Wildman–Crippen LogP) is 6.81. The lowest BCUT2D eigenvalue weighted by atomic mass is 9.99. The van der Waals surface area contributed by atoms with E-state index in [-0.39, 0.29) is 23.9 Å². The van der Waals surface area contributed by atoms with Gasteiger partial charge in [0.15, 0.2) is 0 Å². The van der Waals surface area contributed by atoms with E-state index in [1.54, 1.807) is 0 Å². The molecule has 0 saturated carbocycles. The molecule has 0 aromatic carbocycles. The highest BCUT2D eigenvalue weighted by Gasteiger charge is 2.22. The Morgan fingerprint density at radius 2 is 1.32 bits per heavy atom. The number of aliphatic hydroxyl groups excluding tert-OH is 1. The number of hydrogen-bond acceptors (Lipinski definition) is 2. The molecule has 1 N–H and O–H groups in total. The third-order valence-electron chi connectivity index (χ3n) is 4.80. The van der Waals surface area contributed by atoms with Gasteiger partial charge in [0, 0.05) is 11.4 Å². The minimum Gasteiger partial charge on any atom is -0.393 e. The molecule has 0 radical (unpaired) electrons. The van der Waals surface area contributed by atoms with E-state index in [1.165, 1.54) is 57.8 Å². The van der Waals surface area contributed by atoms with Crippen LogP contribution in [0.2, 0.25) is 0 Å². The van der Waals surface area contributed by atoms with Crippen molar-refractivity contribution in [1.82, 2.24) is 4.90 Å². The molecule has 0 aromatic rings. The van der Waals surface area contributed by atoms with Crippen LogP contribution in [-0.4, -0.2) is 40.6 Å². The molecule has 0 fully saturated rings. The Balaban J connectivity index is 0. The molecule has 3 atom stereocenters. The standard InChI is InChI=1S/C21H44ClNO.ClH/c1-5-8-9-10-11-12-13-14-20(22)18-21(17-19(4)24)23(15-6-2)16-7-3;/h19-21,24H,5-18H2,1-4H3;1H. The van der Waals surface area contributed by atoms with Crippen molar-refractivity contribution < 1.29 is 5.11 Å². The largest absolute Gasteiger partial charge is 0.393 e. The highest BCUT2D eigenvalue weighted by Crippen LogP contribution is 2.22. The Labute approximate surface area is 169 Å². The molecule has 0 aliphatic carbocycles. The molecule has 0 bridgehead atoms. The summed E-state index contributed by atoms with van der Waals surface area (Å²) in [6.07, 6.45) is 14.5. The van der Waals surface area contributed by atoms with Crippen LogP contribution in [0.15, 0.2) is 0 Å². The SMILES string of the molecule is CCCCCCCCCC(Cl)CC(CC(C)O)N(CCC)CCC.Cl. The Morgan fingerprint density at radius 3 is 1.80 bits per heavy atom. The third kappa shape index (κ3) is 16.4. The molecule has 0 aliphatic rings. The second kappa shape index (κ2) is 19.3. The summed E-state index contributed by atoms with van der Waals surface area (Å²) in [7, 11) is 0. The zero-order chi connectivity index (χ0) is 18.2. The van der Waals surface area contributed by atoms with Crippen LogP contribution >= 0.6 is 24.0 Å². The maximum absolute atomic E-state index is 9.87. The molecule has 154 valence electrons. The Hall–Kier alpha value is 0.500. The number of hydrogen-bond donors (Lipinski definition) is 1. The van der Waals surface area contributed by atoms with E-state index in [1.807, 2.05) is 6.92 Å². The molecule has 0 aliphatic heterocycles. The van der Waals surface area contributed by atoms with Crippen molar-refractivity contribution >= 4 is 24.0 Å². The van der Waals surface area contributed by atoms with Crippen LogP contribution in [0.4, 0.5) is 0 Å². The fourth-order valence-corrected chi connectivity index (χ4v) is 3.94. The second-order valence-electron chi connectivity index (χ2n) is 7.52. The van der Waals surface area contributed by atoms with E-state index in [2.05, 4.69) is 25.7 Å². The molecule has 0 spiro atoms. The molecule has 4 heteroatoms. The van der Waals surface area contributed by atoms with Gasteiger partial charge in [-0.05, 0) is 52.1 Å². The third-order valence-corrected chi connectivity index (χ3v) is 5.20. The average Bonchev–Trinajstić information content (AvgIpc) is 2.53. The quantitative estimate of drug-likeness (QED) is 0.215. The van der Waals surface area contributed by atoms with Crippen molar-refractivity contribution in [2.75, 3.05) is 13.1 Å². The van der Waals surface area contributed by atoms with Crippen molar-refractivity contribution in [3.63, 3.8) is 0 Å². The maximum Gasteiger partial charge on any atom is 0.0527 e. The summed E-state index contributed by atoms with van der Waals surface area (Å²) in [6.45, 7) is 10.9. The fourth-order valence-electron chi connectivity index (χ4n) is 3.58. The van der Waals surface area contributed by atoms with Gasteiger partial charge in [0.05, 0.1) is 6.10 Å². The van der Waals surface area contributed by atoms with Crippen LogP contribution in [0, 0.1) is 0 Å². The normalized spacial score (nSPS) is 15.0. The number of nitrogens with zero attached hydrogens (tertiary/aromatic N) is 1. The average molecular weight is 399 g/mol. The van der Waals surface area contributed by atoms with Crippen LogP contribution in [0.3, 0.4) is 0 Å². The molecular weight excluding hydrogens is 353 g/mol. The summed E-state index contributed by atoms with van der Waals surface area (Å²) in [5.74, 6) is 0. The van der Waals surface area contributed by atoms with Gasteiger partial charge in [-0.1, -0.05) is 65.7 Å². The summed E-state index contributed by atoms with van der Waals surface area (Å²) in [6, 6.07) is 0.428. The molecule has 3 unspecified atom stereocenters. The first-order valence-corrected chi connectivity index (χ1v) is 11.0. The van der Waals surface area contributed by atoms with Gasteiger partial charge in [-0.25, -0.2) is 0 Å². The molecule has 0 heterocycles. The van der Waals surface area contributed by atoms with Crippen molar-refractivity contribution in [1.29, 1.82) is 0 Å². The fraction of sp³-hybridized carbons (Fsp3) is 1.00. The number of unbranched alkanes of at least 4 members (excludes halogenated alkanes) is 6. The van der Waals surface area contributed by atoms with Gasteiger partial charge >= 0.3 is 0 Å². The van der Waals surface area contributed by atoms with Gasteiger partial charge in [-0.15, -0.1) is 24.0 Å². The summed E-state index contributed by atoms with van der Waals surface area (Å²) in [5.41, 5.74) is 0. The maximum atomic E-state index is 9.87. The van der Waals surface area contributed by atoms with Crippen LogP contribution in [0.5, 0.6) is 0 Å². The number of aliphatic hydroxyl groups is 1. The van der Waals surface area contributed by atoms with E-state index in [9.17, 15) is 5.11 Å². The molecular formula is C21H45Cl2NO. The van der Waals surface area contributed by atoms with Crippen LogP contribution in [-0.2, 0) is 0 Å². The summed E-state index contributed by atoms with van der Waals surface area (Å²) >= 11 is 6.66. The van der Waals surface area contributed by atoms with Crippen LogP contribution < -0.4 is 0 Å². The lowest BCUT2D eigenvalue weighted by molar-refractivity contribution is 0.105. The van der Waals surface area contributed by atoms with E-state index in [0.29, 0.717) is 6.04 Å². The molecule has 2 nitrogen and oxygen atoms in total. The van der Waals surface area contributed by atoms with Crippen molar-refractivity contribution in [2.24, 2.45) is 0 Å². The number of rotatable bonds is 17. The predicted molar refractivity (Wildman–Crippen MR) is 116 cm³/mol. The highest BCUT2D eigenvalue weighted by molar-refractivity contribution is 6.20. The van der Waals surface area contributed by atoms with Crippen LogP contribution in [0.25, 0.3) is 0 Å². The molecule has 25 heavy (non-hydrogen) atoms. The zero-order valence-electron chi connectivity index (χ0n) is 17.3. The van der Waals surface area contributed by atoms with E-state index in [0.717, 1.165) is 32.4 Å². The highest BCUT2D eigenvalue weighted by atomic mass is 35.5. The Bertz CT molecular complexity index is 258. The summed E-state index contributed by atoms with van der Waals surface area (Å²) < 4.78 is 0. The molecule has 0 saturated heterocycles. The number of alkyl halides is 1. The van der Waals surface area contributed by atoms with Gasteiger partial charge in [0.1, 0.15) is 0 Å². The lowest BCUT2D eigenvalue weighted by Gasteiger charge is -2.33. The summed E-state index contributed by atoms with van der Waals surface area (Å²) in [4.78, 5) is 2.55. The number of halogens is 2. The second-order valence-corrected chi connectivity index (χ2v) is 8.13. The first kappa shape index (κ1) is 27.7. The molecule has 0 aromatic heterocycles. The van der Waals surface area contributed by atoms with E-state index >= 15 is 0 Å². The topological polar surface area (TPSA) is 23.5 Å².